The summed E-state index contributed by atoms with van der Waals surface area (Å²) in [6.07, 6.45) is -5.26. The molecule has 1 heterocycles. The third-order valence-corrected chi connectivity index (χ3v) is 4.33. The number of halogens is 6. The molecule has 2 unspecified atom stereocenters. The van der Waals surface area contributed by atoms with Crippen molar-refractivity contribution < 1.29 is 31.4 Å². The molecule has 1 aromatic rings. The zero-order chi connectivity index (χ0) is 21.3. The van der Waals surface area contributed by atoms with E-state index in [1.165, 1.54) is 0 Å². The second-order valence-electron chi connectivity index (χ2n) is 6.77. The largest absolute Gasteiger partial charge is 0.408 e. The Morgan fingerprint density at radius 3 is 2.04 bits per heavy atom. The van der Waals surface area contributed by atoms with Crippen LogP contribution in [0.3, 0.4) is 0 Å². The first-order valence-corrected chi connectivity index (χ1v) is 8.59. The molecule has 1 aliphatic rings. The van der Waals surface area contributed by atoms with Crippen LogP contribution in [0.1, 0.15) is 45.9 Å². The van der Waals surface area contributed by atoms with E-state index in [4.69, 9.17) is 0 Å². The zero-order valence-corrected chi connectivity index (χ0v) is 15.4. The van der Waals surface area contributed by atoms with E-state index in [-0.39, 0.29) is 24.2 Å². The van der Waals surface area contributed by atoms with Gasteiger partial charge in [0.25, 0.3) is 5.92 Å². The van der Waals surface area contributed by atoms with E-state index >= 15 is 0 Å². The molecule has 0 aromatic carbocycles. The molecular weight excluding hydrogens is 392 g/mol. The van der Waals surface area contributed by atoms with Crippen molar-refractivity contribution in [2.24, 2.45) is 0 Å². The Hall–Kier alpha value is -2.11. The normalized spacial score (nSPS) is 20.7. The SMILES string of the molecule is CC(Nc1nc(N[C@H](C)C(F)(F)F)nc(C2=C(F)C(O)CCC2)n1)C(C)(F)F. The molecule has 0 radical (unpaired) electrons. The van der Waals surface area contributed by atoms with Crippen molar-refractivity contribution in [2.45, 2.75) is 70.3 Å². The lowest BCUT2D eigenvalue weighted by Crippen LogP contribution is -2.36. The predicted molar refractivity (Wildman–Crippen MR) is 90.6 cm³/mol. The summed E-state index contributed by atoms with van der Waals surface area (Å²) >= 11 is 0. The van der Waals surface area contributed by atoms with E-state index in [9.17, 15) is 31.4 Å². The highest BCUT2D eigenvalue weighted by Gasteiger charge is 2.37. The van der Waals surface area contributed by atoms with E-state index in [0.717, 1.165) is 13.8 Å². The number of nitrogens with zero attached hydrogens (tertiary/aromatic N) is 3. The van der Waals surface area contributed by atoms with Crippen LogP contribution in [0.5, 0.6) is 0 Å². The van der Waals surface area contributed by atoms with Gasteiger partial charge in [-0.3, -0.25) is 0 Å². The van der Waals surface area contributed by atoms with E-state index in [1.807, 2.05) is 5.32 Å². The van der Waals surface area contributed by atoms with Crippen LogP contribution in [0.4, 0.5) is 38.2 Å². The number of hydrogen-bond acceptors (Lipinski definition) is 6. The van der Waals surface area contributed by atoms with Gasteiger partial charge in [0.15, 0.2) is 5.82 Å². The molecule has 0 fully saturated rings. The number of alkyl halides is 5. The van der Waals surface area contributed by atoms with Gasteiger partial charge in [-0.15, -0.1) is 0 Å². The quantitative estimate of drug-likeness (QED) is 0.614. The number of aliphatic hydroxyl groups is 1. The Balaban J connectivity index is 2.45. The number of rotatable bonds is 6. The lowest BCUT2D eigenvalue weighted by atomic mass is 9.96. The Labute approximate surface area is 157 Å². The molecule has 3 atom stereocenters. The van der Waals surface area contributed by atoms with Crippen molar-refractivity contribution in [3.05, 3.63) is 11.7 Å². The van der Waals surface area contributed by atoms with Gasteiger partial charge in [0, 0.05) is 12.5 Å². The van der Waals surface area contributed by atoms with Crippen LogP contribution < -0.4 is 10.6 Å². The molecule has 2 rings (SSSR count). The number of anilines is 2. The van der Waals surface area contributed by atoms with Crippen molar-refractivity contribution in [1.29, 1.82) is 0 Å². The lowest BCUT2D eigenvalue weighted by molar-refractivity contribution is -0.138. The first kappa shape index (κ1) is 22.2. The average molecular weight is 413 g/mol. The van der Waals surface area contributed by atoms with Crippen LogP contribution >= 0.6 is 0 Å². The second kappa shape index (κ2) is 8.10. The minimum atomic E-state index is -4.62. The molecule has 0 saturated heterocycles. The van der Waals surface area contributed by atoms with Crippen molar-refractivity contribution in [2.75, 3.05) is 10.6 Å². The number of aromatic nitrogens is 3. The monoisotopic (exact) mass is 413 g/mol. The zero-order valence-electron chi connectivity index (χ0n) is 15.4. The van der Waals surface area contributed by atoms with Crippen molar-refractivity contribution >= 4 is 17.5 Å². The number of aliphatic hydroxyl groups excluding tert-OH is 1. The van der Waals surface area contributed by atoms with E-state index in [0.29, 0.717) is 13.3 Å². The highest BCUT2D eigenvalue weighted by Crippen LogP contribution is 2.33. The molecule has 1 aromatic heterocycles. The van der Waals surface area contributed by atoms with E-state index in [2.05, 4.69) is 20.3 Å². The molecule has 158 valence electrons. The fourth-order valence-electron chi connectivity index (χ4n) is 2.37. The van der Waals surface area contributed by atoms with Crippen LogP contribution in [0, 0.1) is 0 Å². The molecule has 0 saturated carbocycles. The van der Waals surface area contributed by atoms with Crippen LogP contribution in [0.2, 0.25) is 0 Å². The summed E-state index contributed by atoms with van der Waals surface area (Å²) in [6, 6.07) is -3.50. The summed E-state index contributed by atoms with van der Waals surface area (Å²) in [4.78, 5) is 11.4. The van der Waals surface area contributed by atoms with Crippen molar-refractivity contribution in [1.82, 2.24) is 15.0 Å². The fourth-order valence-corrected chi connectivity index (χ4v) is 2.37. The summed E-state index contributed by atoms with van der Waals surface area (Å²) < 4.78 is 79.6. The minimum Gasteiger partial charge on any atom is -0.386 e. The molecule has 0 spiro atoms. The number of hydrogen-bond donors (Lipinski definition) is 3. The maximum Gasteiger partial charge on any atom is 0.408 e. The molecule has 6 nitrogen and oxygen atoms in total. The topological polar surface area (TPSA) is 83.0 Å². The predicted octanol–water partition coefficient (Wildman–Crippen LogP) is 3.92. The Morgan fingerprint density at radius 2 is 1.54 bits per heavy atom. The summed E-state index contributed by atoms with van der Waals surface area (Å²) in [6.45, 7) is 2.61. The number of allylic oxidation sites excluding steroid dienone is 1. The van der Waals surface area contributed by atoms with Crippen LogP contribution in [-0.4, -0.2) is 50.3 Å². The molecule has 0 aliphatic heterocycles. The second-order valence-corrected chi connectivity index (χ2v) is 6.77. The van der Waals surface area contributed by atoms with Gasteiger partial charge in [-0.2, -0.15) is 28.1 Å². The molecule has 1 aliphatic carbocycles. The highest BCUT2D eigenvalue weighted by atomic mass is 19.4. The highest BCUT2D eigenvalue weighted by molar-refractivity contribution is 5.65. The molecule has 12 heteroatoms. The van der Waals surface area contributed by atoms with Crippen LogP contribution in [-0.2, 0) is 0 Å². The Bertz CT molecular complexity index is 693. The molecule has 28 heavy (non-hydrogen) atoms. The first-order valence-electron chi connectivity index (χ1n) is 8.59. The Morgan fingerprint density at radius 1 is 1.00 bits per heavy atom. The van der Waals surface area contributed by atoms with Gasteiger partial charge in [0.05, 0.1) is 6.04 Å². The molecule has 3 N–H and O–H groups in total. The van der Waals surface area contributed by atoms with Gasteiger partial charge in [-0.25, -0.2) is 13.2 Å². The Kier molecular flexibility index (Phi) is 6.41. The average Bonchev–Trinajstić information content (AvgIpc) is 2.55. The summed E-state index contributed by atoms with van der Waals surface area (Å²) in [5.74, 6) is -5.38. The van der Waals surface area contributed by atoms with Gasteiger partial charge < -0.3 is 15.7 Å². The van der Waals surface area contributed by atoms with Gasteiger partial charge in [0.2, 0.25) is 11.9 Å². The van der Waals surface area contributed by atoms with Gasteiger partial charge in [0.1, 0.15) is 18.0 Å². The summed E-state index contributed by atoms with van der Waals surface area (Å²) in [7, 11) is 0. The third-order valence-electron chi connectivity index (χ3n) is 4.33. The van der Waals surface area contributed by atoms with Gasteiger partial charge >= 0.3 is 6.18 Å². The summed E-state index contributed by atoms with van der Waals surface area (Å²) in [5.41, 5.74) is -0.0946. The third kappa shape index (κ3) is 5.46. The van der Waals surface area contributed by atoms with E-state index < -0.39 is 48.0 Å². The standard InChI is InChI=1S/C16H21F6N5O/c1-7(15(3,18)19)23-13-25-12(9-5-4-6-10(28)11(9)17)26-14(27-13)24-8(2)16(20,21)22/h7-8,10,28H,4-6H2,1-3H3,(H2,23,24,25,26,27)/t7?,8-,10?/m1/s1. The first-order chi connectivity index (χ1) is 12.8. The summed E-state index contributed by atoms with van der Waals surface area (Å²) in [5, 5.41) is 14.0. The lowest BCUT2D eigenvalue weighted by Gasteiger charge is -2.23. The molecule has 0 bridgehead atoms. The van der Waals surface area contributed by atoms with Crippen molar-refractivity contribution in [3.8, 4) is 0 Å². The maximum atomic E-state index is 14.3. The fraction of sp³-hybridized carbons (Fsp3) is 0.688. The van der Waals surface area contributed by atoms with Gasteiger partial charge in [-0.05, 0) is 33.1 Å². The minimum absolute atomic E-state index is 0.0946. The molecule has 0 amide bonds. The smallest absolute Gasteiger partial charge is 0.386 e. The van der Waals surface area contributed by atoms with Crippen LogP contribution in [0.25, 0.3) is 5.57 Å². The molecular formula is C16H21F6N5O. The van der Waals surface area contributed by atoms with Crippen molar-refractivity contribution in [3.63, 3.8) is 0 Å². The maximum absolute atomic E-state index is 14.3. The van der Waals surface area contributed by atoms with Crippen LogP contribution in [0.15, 0.2) is 5.83 Å². The van der Waals surface area contributed by atoms with E-state index in [1.54, 1.807) is 0 Å². The number of nitrogens with one attached hydrogen (secondary N) is 2. The van der Waals surface area contributed by atoms with Gasteiger partial charge in [-0.1, -0.05) is 0 Å².